The molecule has 7 nitrogen and oxygen atoms in total. The number of phenols is 1. The van der Waals surface area contributed by atoms with Gasteiger partial charge in [-0.1, -0.05) is 6.07 Å². The summed E-state index contributed by atoms with van der Waals surface area (Å²) in [5, 5.41) is 15.5. The Morgan fingerprint density at radius 2 is 1.96 bits per heavy atom. The molecule has 0 radical (unpaired) electrons. The molecule has 3 N–H and O–H groups in total. The molecular formula is C21H33N3O4. The molecule has 0 unspecified atom stereocenters. The van der Waals surface area contributed by atoms with Gasteiger partial charge >= 0.3 is 0 Å². The molecule has 0 aliphatic carbocycles. The molecule has 1 aliphatic heterocycles. The van der Waals surface area contributed by atoms with Crippen LogP contribution in [0.2, 0.25) is 0 Å². The second-order valence-corrected chi connectivity index (χ2v) is 7.45. The van der Waals surface area contributed by atoms with Crippen LogP contribution in [0.25, 0.3) is 0 Å². The lowest BCUT2D eigenvalue weighted by atomic mass is 10.1. The van der Waals surface area contributed by atoms with Gasteiger partial charge in [0, 0.05) is 38.5 Å². The van der Waals surface area contributed by atoms with Crippen LogP contribution in [-0.4, -0.2) is 61.7 Å². The van der Waals surface area contributed by atoms with E-state index in [0.29, 0.717) is 31.2 Å². The molecule has 28 heavy (non-hydrogen) atoms. The summed E-state index contributed by atoms with van der Waals surface area (Å²) in [6.07, 6.45) is 5.50. The number of nitrogens with zero attached hydrogens (tertiary/aromatic N) is 1. The Kier molecular flexibility index (Phi) is 8.57. The average molecular weight is 392 g/mol. The van der Waals surface area contributed by atoms with Gasteiger partial charge in [0.15, 0.2) is 11.5 Å². The molecule has 7 heteroatoms. The molecule has 0 spiro atoms. The van der Waals surface area contributed by atoms with Gasteiger partial charge in [-0.25, -0.2) is 0 Å². The molecule has 1 heterocycles. The largest absolute Gasteiger partial charge is 0.504 e. The Bertz CT molecular complexity index is 665. The van der Waals surface area contributed by atoms with E-state index in [1.165, 1.54) is 7.11 Å². The van der Waals surface area contributed by atoms with Crippen LogP contribution < -0.4 is 15.4 Å². The van der Waals surface area contributed by atoms with E-state index in [2.05, 4.69) is 15.5 Å². The SMILES string of the molecule is CNC(=O)C[C@H]1CC[C@@H](CNC(=O)CCCCc2ccc(OC)c(O)c2)N1C. The lowest BCUT2D eigenvalue weighted by Crippen LogP contribution is -2.42. The first-order chi connectivity index (χ1) is 13.4. The smallest absolute Gasteiger partial charge is 0.221 e. The first-order valence-corrected chi connectivity index (χ1v) is 9.99. The number of carbonyl (C=O) groups excluding carboxylic acids is 2. The zero-order valence-electron chi connectivity index (χ0n) is 17.2. The van der Waals surface area contributed by atoms with Crippen molar-refractivity contribution in [3.63, 3.8) is 0 Å². The Labute approximate surface area is 167 Å². The second-order valence-electron chi connectivity index (χ2n) is 7.45. The van der Waals surface area contributed by atoms with E-state index < -0.39 is 0 Å². The van der Waals surface area contributed by atoms with Gasteiger partial charge in [-0.2, -0.15) is 0 Å². The number of hydrogen-bond donors (Lipinski definition) is 3. The van der Waals surface area contributed by atoms with Crippen LogP contribution in [0.4, 0.5) is 0 Å². The van der Waals surface area contributed by atoms with E-state index in [0.717, 1.165) is 37.7 Å². The van der Waals surface area contributed by atoms with Crippen molar-refractivity contribution in [1.29, 1.82) is 0 Å². The molecule has 156 valence electrons. The van der Waals surface area contributed by atoms with E-state index in [1.807, 2.05) is 13.1 Å². The highest BCUT2D eigenvalue weighted by Crippen LogP contribution is 2.27. The Balaban J connectivity index is 1.63. The quantitative estimate of drug-likeness (QED) is 0.530. The third-order valence-corrected chi connectivity index (χ3v) is 5.58. The third kappa shape index (κ3) is 6.41. The fraction of sp³-hybridized carbons (Fsp3) is 0.619. The van der Waals surface area contributed by atoms with E-state index in [1.54, 1.807) is 19.2 Å². The molecule has 2 amide bonds. The average Bonchev–Trinajstić information content (AvgIpc) is 3.03. The van der Waals surface area contributed by atoms with E-state index in [9.17, 15) is 14.7 Å². The normalized spacial score (nSPS) is 19.4. The maximum atomic E-state index is 12.1. The number of aromatic hydroxyl groups is 1. The Morgan fingerprint density at radius 3 is 2.64 bits per heavy atom. The van der Waals surface area contributed by atoms with Gasteiger partial charge < -0.3 is 20.5 Å². The molecule has 1 aliphatic rings. The maximum Gasteiger partial charge on any atom is 0.221 e. The summed E-state index contributed by atoms with van der Waals surface area (Å²) in [5.74, 6) is 0.748. The Morgan fingerprint density at radius 1 is 1.21 bits per heavy atom. The fourth-order valence-corrected chi connectivity index (χ4v) is 3.72. The zero-order chi connectivity index (χ0) is 20.5. The predicted molar refractivity (Wildman–Crippen MR) is 108 cm³/mol. The number of nitrogens with one attached hydrogen (secondary N) is 2. The Hall–Kier alpha value is -2.28. The fourth-order valence-electron chi connectivity index (χ4n) is 3.72. The van der Waals surface area contributed by atoms with Crippen molar-refractivity contribution in [3.8, 4) is 11.5 Å². The first-order valence-electron chi connectivity index (χ1n) is 9.99. The van der Waals surface area contributed by atoms with Crippen LogP contribution >= 0.6 is 0 Å². The molecular weight excluding hydrogens is 358 g/mol. The van der Waals surface area contributed by atoms with Crippen LogP contribution in [0, 0.1) is 0 Å². The van der Waals surface area contributed by atoms with Crippen LogP contribution in [0.15, 0.2) is 18.2 Å². The molecule has 2 rings (SSSR count). The highest BCUT2D eigenvalue weighted by atomic mass is 16.5. The van der Waals surface area contributed by atoms with Crippen LogP contribution in [0.3, 0.4) is 0 Å². The number of likely N-dealkylation sites (tertiary alicyclic amines) is 1. The first kappa shape index (κ1) is 22.0. The highest BCUT2D eigenvalue weighted by molar-refractivity contribution is 5.76. The van der Waals surface area contributed by atoms with Gasteiger partial charge in [-0.15, -0.1) is 0 Å². The van der Waals surface area contributed by atoms with Gasteiger partial charge in [-0.05, 0) is 56.8 Å². The molecule has 1 aromatic carbocycles. The number of aryl methyl sites for hydroxylation is 1. The van der Waals surface area contributed by atoms with E-state index >= 15 is 0 Å². The number of methoxy groups -OCH3 is 1. The summed E-state index contributed by atoms with van der Waals surface area (Å²) in [6.45, 7) is 0.631. The maximum absolute atomic E-state index is 12.1. The summed E-state index contributed by atoms with van der Waals surface area (Å²) in [6, 6.07) is 5.95. The van der Waals surface area contributed by atoms with Crippen molar-refractivity contribution in [2.24, 2.45) is 0 Å². The lowest BCUT2D eigenvalue weighted by Gasteiger charge is -2.25. The van der Waals surface area contributed by atoms with Crippen LogP contribution in [-0.2, 0) is 16.0 Å². The van der Waals surface area contributed by atoms with Gasteiger partial charge in [0.25, 0.3) is 0 Å². The lowest BCUT2D eigenvalue weighted by molar-refractivity contribution is -0.122. The zero-order valence-corrected chi connectivity index (χ0v) is 17.2. The number of carbonyl (C=O) groups is 2. The topological polar surface area (TPSA) is 90.9 Å². The second kappa shape index (κ2) is 10.9. The van der Waals surface area contributed by atoms with Crippen molar-refractivity contribution >= 4 is 11.8 Å². The molecule has 1 fully saturated rings. The number of likely N-dealkylation sites (N-methyl/N-ethyl adjacent to an activating group) is 1. The van der Waals surface area contributed by atoms with Gasteiger partial charge in [0.2, 0.25) is 11.8 Å². The van der Waals surface area contributed by atoms with Crippen LogP contribution in [0.5, 0.6) is 11.5 Å². The molecule has 0 aromatic heterocycles. The van der Waals surface area contributed by atoms with Crippen molar-refractivity contribution in [1.82, 2.24) is 15.5 Å². The van der Waals surface area contributed by atoms with Crippen molar-refractivity contribution in [2.75, 3.05) is 27.7 Å². The minimum atomic E-state index is 0.0618. The molecule has 1 saturated heterocycles. The van der Waals surface area contributed by atoms with E-state index in [4.69, 9.17) is 4.74 Å². The highest BCUT2D eigenvalue weighted by Gasteiger charge is 2.31. The molecule has 0 bridgehead atoms. The van der Waals surface area contributed by atoms with Crippen LogP contribution in [0.1, 0.15) is 44.1 Å². The summed E-state index contributed by atoms with van der Waals surface area (Å²) < 4.78 is 5.04. The minimum Gasteiger partial charge on any atom is -0.504 e. The standard InChI is InChI=1S/C21H33N3O4/c1-22-21(27)13-16-9-10-17(24(16)2)14-23-20(26)7-5-4-6-15-8-11-19(28-3)18(25)12-15/h8,11-12,16-17,25H,4-7,9-10,13-14H2,1-3H3,(H,22,27)(H,23,26)/t16-,17+/m1/s1. The number of unbranched alkanes of at least 4 members (excludes halogenated alkanes) is 1. The van der Waals surface area contributed by atoms with Gasteiger partial charge in [0.1, 0.15) is 0 Å². The van der Waals surface area contributed by atoms with Crippen molar-refractivity contribution in [2.45, 2.75) is 57.0 Å². The number of benzene rings is 1. The molecule has 1 aromatic rings. The summed E-state index contributed by atoms with van der Waals surface area (Å²) in [5.41, 5.74) is 1.04. The molecule has 0 saturated carbocycles. The number of ether oxygens (including phenoxy) is 1. The number of phenolic OH excluding ortho intramolecular Hbond substituents is 1. The van der Waals surface area contributed by atoms with Gasteiger partial charge in [-0.3, -0.25) is 14.5 Å². The van der Waals surface area contributed by atoms with Gasteiger partial charge in [0.05, 0.1) is 7.11 Å². The predicted octanol–water partition coefficient (Wildman–Crippen LogP) is 1.83. The summed E-state index contributed by atoms with van der Waals surface area (Å²) >= 11 is 0. The number of rotatable bonds is 10. The van der Waals surface area contributed by atoms with E-state index in [-0.39, 0.29) is 23.6 Å². The minimum absolute atomic E-state index is 0.0618. The monoisotopic (exact) mass is 391 g/mol. The number of amides is 2. The number of hydrogen-bond acceptors (Lipinski definition) is 5. The van der Waals surface area contributed by atoms with Crippen molar-refractivity contribution < 1.29 is 19.4 Å². The summed E-state index contributed by atoms with van der Waals surface area (Å²) in [4.78, 5) is 25.9. The molecule has 2 atom stereocenters. The third-order valence-electron chi connectivity index (χ3n) is 5.58. The van der Waals surface area contributed by atoms with Crippen molar-refractivity contribution in [3.05, 3.63) is 23.8 Å². The summed E-state index contributed by atoms with van der Waals surface area (Å²) in [7, 11) is 5.22.